The van der Waals surface area contributed by atoms with E-state index in [2.05, 4.69) is 65.6 Å². The van der Waals surface area contributed by atoms with Crippen LogP contribution in [0.25, 0.3) is 5.69 Å². The minimum atomic E-state index is -0.950. The number of nitrogens with zero attached hydrogens (tertiary/aromatic N) is 4. The van der Waals surface area contributed by atoms with Gasteiger partial charge in [-0.2, -0.15) is 0 Å². The molecule has 2 aromatic heterocycles. The fourth-order valence-corrected chi connectivity index (χ4v) is 7.79. The summed E-state index contributed by atoms with van der Waals surface area (Å²) in [6.07, 6.45) is 3.03. The van der Waals surface area contributed by atoms with E-state index in [-0.39, 0.29) is 17.6 Å². The zero-order valence-corrected chi connectivity index (χ0v) is 27.3. The third-order valence-corrected chi connectivity index (χ3v) is 9.62. The molecule has 0 saturated carbocycles. The number of halogens is 1. The van der Waals surface area contributed by atoms with Gasteiger partial charge in [0.25, 0.3) is 0 Å². The van der Waals surface area contributed by atoms with E-state index in [1.807, 2.05) is 37.3 Å². The van der Waals surface area contributed by atoms with E-state index in [1.54, 1.807) is 18.3 Å². The summed E-state index contributed by atoms with van der Waals surface area (Å²) in [7, 11) is 0. The number of carbonyl (C=O) groups is 1. The van der Waals surface area contributed by atoms with Crippen LogP contribution >= 0.6 is 23.8 Å². The number of aryl methyl sites for hydroxylation is 2. The number of hydrogen-bond acceptors (Lipinski definition) is 4. The van der Waals surface area contributed by atoms with Gasteiger partial charge in [0.2, 0.25) is 0 Å². The highest BCUT2D eigenvalue weighted by molar-refractivity contribution is 7.80. The van der Waals surface area contributed by atoms with Gasteiger partial charge >= 0.3 is 5.97 Å². The Labute approximate surface area is 269 Å². The molecule has 0 radical (unpaired) electrons. The van der Waals surface area contributed by atoms with Gasteiger partial charge in [0.05, 0.1) is 34.1 Å². The molecule has 2 N–H and O–H groups in total. The van der Waals surface area contributed by atoms with Crippen LogP contribution in [-0.2, 0) is 0 Å². The van der Waals surface area contributed by atoms with Crippen molar-refractivity contribution in [3.8, 4) is 5.69 Å². The number of carboxylic acids is 1. The summed E-state index contributed by atoms with van der Waals surface area (Å²) in [6.45, 7) is 12.7. The Balaban J connectivity index is 1.46. The van der Waals surface area contributed by atoms with Crippen molar-refractivity contribution in [2.75, 3.05) is 22.9 Å². The summed E-state index contributed by atoms with van der Waals surface area (Å²) in [5.41, 5.74) is 8.02. The number of nitrogens with one attached hydrogen (secondary N) is 1. The van der Waals surface area contributed by atoms with Crippen LogP contribution in [-0.4, -0.2) is 38.8 Å². The van der Waals surface area contributed by atoms with Crippen LogP contribution in [0.1, 0.15) is 70.9 Å². The van der Waals surface area contributed by atoms with Gasteiger partial charge in [-0.1, -0.05) is 37.6 Å². The standard InChI is InChI=1S/C35H38ClN5O2S/c1-20-14-21(2)19-39(18-20)30-12-11-26(17-28(30)36)41-33(32(38-35(41)44)29-8-6-7-13-37-29)27-15-23(4)40(24(27)5)31-16-25(34(42)43)10-9-22(31)3/h6-13,15-17,20-21,32-33H,14,18-19H2,1-5H3,(H,38,44)(H,42,43)/t20-,21+,32-,33+/m0/s1. The lowest BCUT2D eigenvalue weighted by atomic mass is 9.91. The lowest BCUT2D eigenvalue weighted by molar-refractivity contribution is 0.0697. The van der Waals surface area contributed by atoms with Gasteiger partial charge in [-0.25, -0.2) is 4.79 Å². The molecule has 4 heterocycles. The number of benzene rings is 2. The molecular formula is C35H38ClN5O2S. The maximum Gasteiger partial charge on any atom is 0.335 e. The number of carboxylic acid groups (broad SMARTS) is 1. The highest BCUT2D eigenvalue weighted by Crippen LogP contribution is 2.45. The first-order chi connectivity index (χ1) is 21.0. The molecule has 0 amide bonds. The fraction of sp³-hybridized carbons (Fsp3) is 0.343. The third kappa shape index (κ3) is 5.46. The first kappa shape index (κ1) is 30.2. The summed E-state index contributed by atoms with van der Waals surface area (Å²) < 4.78 is 2.14. The van der Waals surface area contributed by atoms with E-state index in [1.165, 1.54) is 6.42 Å². The number of thiocarbonyl (C=S) groups is 1. The Bertz CT molecular complexity index is 1730. The molecule has 0 aliphatic carbocycles. The molecule has 4 atom stereocenters. The molecule has 7 nitrogen and oxygen atoms in total. The maximum absolute atomic E-state index is 11.8. The number of aromatic carboxylic acids is 1. The molecular weight excluding hydrogens is 590 g/mol. The normalized spacial score (nSPS) is 21.9. The van der Waals surface area contributed by atoms with Crippen molar-refractivity contribution in [1.29, 1.82) is 0 Å². The summed E-state index contributed by atoms with van der Waals surface area (Å²) in [5.74, 6) is 0.279. The molecule has 2 aliphatic heterocycles. The molecule has 6 rings (SSSR count). The van der Waals surface area contributed by atoms with E-state index in [0.29, 0.717) is 22.0 Å². The maximum atomic E-state index is 11.8. The Morgan fingerprint density at radius 3 is 2.41 bits per heavy atom. The minimum absolute atomic E-state index is 0.216. The molecule has 2 aromatic carbocycles. The molecule has 2 fully saturated rings. The van der Waals surface area contributed by atoms with E-state index in [0.717, 1.165) is 58.4 Å². The van der Waals surface area contributed by atoms with E-state index in [9.17, 15) is 9.90 Å². The number of pyridine rings is 1. The van der Waals surface area contributed by atoms with Crippen molar-refractivity contribution in [1.82, 2.24) is 14.9 Å². The molecule has 2 saturated heterocycles. The number of anilines is 2. The molecule has 9 heteroatoms. The predicted octanol–water partition coefficient (Wildman–Crippen LogP) is 7.81. The SMILES string of the molecule is Cc1ccc(C(=O)O)cc1-n1c(C)cc([C@@H]2[C@H](c3ccccn3)NC(=S)N2c2ccc(N3C[C@H](C)C[C@H](C)C3)c(Cl)c2)c1C. The summed E-state index contributed by atoms with van der Waals surface area (Å²) in [6, 6.07) is 19.2. The first-order valence-electron chi connectivity index (χ1n) is 15.1. The third-order valence-electron chi connectivity index (χ3n) is 9.00. The second-order valence-corrected chi connectivity index (χ2v) is 13.2. The zero-order valence-electron chi connectivity index (χ0n) is 25.7. The largest absolute Gasteiger partial charge is 0.478 e. The number of rotatable bonds is 6. The van der Waals surface area contributed by atoms with Gasteiger partial charge in [-0.3, -0.25) is 4.98 Å². The van der Waals surface area contributed by atoms with Gasteiger partial charge in [0, 0.05) is 42.0 Å². The fourth-order valence-electron chi connectivity index (χ4n) is 7.15. The topological polar surface area (TPSA) is 73.6 Å². The van der Waals surface area contributed by atoms with E-state index >= 15 is 0 Å². The van der Waals surface area contributed by atoms with Crippen molar-refractivity contribution in [3.05, 3.63) is 106 Å². The van der Waals surface area contributed by atoms with Crippen molar-refractivity contribution in [2.24, 2.45) is 11.8 Å². The molecule has 228 valence electrons. The molecule has 4 aromatic rings. The molecule has 2 aliphatic rings. The van der Waals surface area contributed by atoms with Crippen LogP contribution in [0.2, 0.25) is 5.02 Å². The van der Waals surface area contributed by atoms with Gasteiger partial charge in [0.15, 0.2) is 5.11 Å². The van der Waals surface area contributed by atoms with Crippen molar-refractivity contribution >= 4 is 46.3 Å². The Morgan fingerprint density at radius 1 is 1.00 bits per heavy atom. The number of aromatic nitrogens is 2. The summed E-state index contributed by atoms with van der Waals surface area (Å²) >= 11 is 13.0. The molecule has 0 bridgehead atoms. The number of hydrogen-bond donors (Lipinski definition) is 2. The Morgan fingerprint density at radius 2 is 1.75 bits per heavy atom. The molecule has 0 spiro atoms. The molecule has 44 heavy (non-hydrogen) atoms. The molecule has 0 unspecified atom stereocenters. The summed E-state index contributed by atoms with van der Waals surface area (Å²) in [5, 5.41) is 14.6. The van der Waals surface area contributed by atoms with E-state index < -0.39 is 5.97 Å². The number of piperidine rings is 1. The first-order valence-corrected chi connectivity index (χ1v) is 15.9. The van der Waals surface area contributed by atoms with Crippen LogP contribution in [0.15, 0.2) is 66.9 Å². The lowest BCUT2D eigenvalue weighted by Gasteiger charge is -2.37. The average Bonchev–Trinajstić information content (AvgIpc) is 3.47. The zero-order chi connectivity index (χ0) is 31.3. The van der Waals surface area contributed by atoms with E-state index in [4.69, 9.17) is 28.8 Å². The lowest BCUT2D eigenvalue weighted by Crippen LogP contribution is -2.38. The predicted molar refractivity (Wildman–Crippen MR) is 181 cm³/mol. The van der Waals surface area contributed by atoms with Crippen molar-refractivity contribution in [2.45, 2.75) is 53.1 Å². The second kappa shape index (κ2) is 11.9. The van der Waals surface area contributed by atoms with Crippen molar-refractivity contribution < 1.29 is 9.90 Å². The van der Waals surface area contributed by atoms with Crippen molar-refractivity contribution in [3.63, 3.8) is 0 Å². The minimum Gasteiger partial charge on any atom is -0.478 e. The van der Waals surface area contributed by atoms with Crippen LogP contribution < -0.4 is 15.1 Å². The average molecular weight is 628 g/mol. The van der Waals surface area contributed by atoms with Crippen LogP contribution in [0.4, 0.5) is 11.4 Å². The van der Waals surface area contributed by atoms with Gasteiger partial charge in [-0.05, 0) is 111 Å². The van der Waals surface area contributed by atoms with Crippen LogP contribution in [0.3, 0.4) is 0 Å². The highest BCUT2D eigenvalue weighted by Gasteiger charge is 2.42. The van der Waals surface area contributed by atoms with Crippen LogP contribution in [0.5, 0.6) is 0 Å². The Kier molecular flexibility index (Phi) is 8.16. The van der Waals surface area contributed by atoms with Gasteiger partial charge in [0.1, 0.15) is 0 Å². The quantitative estimate of drug-likeness (QED) is 0.211. The second-order valence-electron chi connectivity index (χ2n) is 12.5. The van der Waals surface area contributed by atoms with Crippen LogP contribution in [0, 0.1) is 32.6 Å². The smallest absolute Gasteiger partial charge is 0.335 e. The highest BCUT2D eigenvalue weighted by atomic mass is 35.5. The Hall–Kier alpha value is -3.88. The van der Waals surface area contributed by atoms with Gasteiger partial charge < -0.3 is 24.8 Å². The van der Waals surface area contributed by atoms with Gasteiger partial charge in [-0.15, -0.1) is 0 Å². The monoisotopic (exact) mass is 627 g/mol. The summed E-state index contributed by atoms with van der Waals surface area (Å²) in [4.78, 5) is 21.1.